The Balaban J connectivity index is 1.71. The van der Waals surface area contributed by atoms with Gasteiger partial charge in [-0.2, -0.15) is 0 Å². The van der Waals surface area contributed by atoms with Gasteiger partial charge in [-0.05, 0) is 55.7 Å². The molecule has 0 bridgehead atoms. The number of carbonyl (C=O) groups excluding carboxylic acids is 8. The minimum atomic E-state index is -2.25. The van der Waals surface area contributed by atoms with E-state index in [2.05, 4.69) is 36.7 Å². The summed E-state index contributed by atoms with van der Waals surface area (Å²) in [6.45, 7) is 8.33. The molecule has 76 heavy (non-hydrogen) atoms. The van der Waals surface area contributed by atoms with Gasteiger partial charge < -0.3 is 77.4 Å². The fraction of sp³-hybridized carbons (Fsp3) is 0.736. The molecule has 3 heterocycles. The van der Waals surface area contributed by atoms with Crippen LogP contribution in [-0.2, 0) is 38.4 Å². The number of hydrogen-bond donors (Lipinski definition) is 13. The number of rotatable bonds is 21. The second kappa shape index (κ2) is 29.6. The van der Waals surface area contributed by atoms with E-state index in [1.165, 1.54) is 25.5 Å². The molecule has 3 aliphatic heterocycles. The third kappa shape index (κ3) is 17.7. The van der Waals surface area contributed by atoms with Crippen LogP contribution in [0.4, 0.5) is 0 Å². The number of amides is 6. The molecule has 23 heteroatoms. The summed E-state index contributed by atoms with van der Waals surface area (Å²) < 4.78 is 0. The zero-order valence-corrected chi connectivity index (χ0v) is 44.4. The number of aliphatic hydroxyl groups excluding tert-OH is 8. The maximum atomic E-state index is 14.5. The molecule has 4 rings (SSSR count). The van der Waals surface area contributed by atoms with Gasteiger partial charge in [0.15, 0.2) is 12.0 Å². The highest BCUT2D eigenvalue weighted by Gasteiger charge is 2.50. The van der Waals surface area contributed by atoms with Gasteiger partial charge in [-0.25, -0.2) is 0 Å². The first-order valence-electron chi connectivity index (χ1n) is 26.8. The van der Waals surface area contributed by atoms with Crippen molar-refractivity contribution in [1.29, 1.82) is 0 Å². The Bertz CT molecular complexity index is 2130. The summed E-state index contributed by atoms with van der Waals surface area (Å²) in [5.74, 6) is -12.1. The maximum Gasteiger partial charge on any atom is 0.248 e. The number of Topliss-reactive ketones (excluding diaryl/α,β-unsaturated/α-hetero) is 2. The summed E-state index contributed by atoms with van der Waals surface area (Å²) >= 11 is 0. The quantitative estimate of drug-likeness (QED) is 0.0663. The second-order valence-electron chi connectivity index (χ2n) is 21.8. The number of phenols is 1. The average Bonchev–Trinajstić information content (AvgIpc) is 3.90. The molecule has 0 radical (unpaired) electrons. The van der Waals surface area contributed by atoms with Crippen molar-refractivity contribution in [3.05, 3.63) is 29.8 Å². The predicted octanol–water partition coefficient (Wildman–Crippen LogP) is -0.914. The first kappa shape index (κ1) is 63.4. The largest absolute Gasteiger partial charge is 0.508 e. The number of primary amides is 1. The molecule has 428 valence electrons. The molecule has 0 spiro atoms. The Morgan fingerprint density at radius 1 is 0.750 bits per heavy atom. The number of aromatic hydroxyl groups is 1. The number of ketones is 2. The number of nitrogens with zero attached hydrogens (tertiary/aromatic N) is 2. The zero-order chi connectivity index (χ0) is 56.7. The molecule has 1 aromatic carbocycles. The van der Waals surface area contributed by atoms with E-state index in [4.69, 9.17) is 5.73 Å². The van der Waals surface area contributed by atoms with Gasteiger partial charge in [-0.1, -0.05) is 84.8 Å². The van der Waals surface area contributed by atoms with Gasteiger partial charge in [0.1, 0.15) is 35.8 Å². The standard InChI is InChI=1S/C53H84N6O17/c1-6-27(2)19-28(3)13-11-9-7-8-10-12-14-34(62)20-32-21-40(66)50(73)57-51(74)44-45(68)29(4)25-59(44)53(76)43(39(65)24-41(54)67)56-49(72)36(47(70)46(69)31-15-17-33(61)18-16-31)23-38(64)37-22-35(63)26-58(37)52(75)42(30(5)60)55-48(32)71/h15-18,27-30,32,35-37,39-40,42-47,50,60-61,63,65-66,68-70,73H,6-14,19-26H2,1-5H3,(H2,54,67)(H,55,71)(H,56,72)(H,57,74)/t27-,28+,29-,30+,32-,35+,36-,37-,39+,40+,42-,43-,44-,45-,46-,47-,50+/m0/s1. The van der Waals surface area contributed by atoms with Gasteiger partial charge in [0.2, 0.25) is 35.4 Å². The average molecular weight is 1080 g/mol. The first-order chi connectivity index (χ1) is 35.7. The van der Waals surface area contributed by atoms with Crippen LogP contribution in [0.5, 0.6) is 5.75 Å². The maximum absolute atomic E-state index is 14.5. The van der Waals surface area contributed by atoms with Crippen LogP contribution >= 0.6 is 0 Å². The number of hydrogen-bond acceptors (Lipinski definition) is 17. The Hall–Kier alpha value is -5.14. The number of nitrogens with two attached hydrogens (primary N) is 1. The number of fused-ring (bicyclic) bond motifs is 2. The molecular weight excluding hydrogens is 993 g/mol. The van der Waals surface area contributed by atoms with Gasteiger partial charge in [-0.15, -0.1) is 0 Å². The summed E-state index contributed by atoms with van der Waals surface area (Å²) in [6.07, 6.45) is -10.5. The number of aliphatic hydroxyl groups is 8. The molecule has 14 N–H and O–H groups in total. The van der Waals surface area contributed by atoms with Crippen LogP contribution in [0.3, 0.4) is 0 Å². The van der Waals surface area contributed by atoms with E-state index >= 15 is 0 Å². The van der Waals surface area contributed by atoms with Crippen molar-refractivity contribution >= 4 is 47.0 Å². The smallest absolute Gasteiger partial charge is 0.248 e. The van der Waals surface area contributed by atoms with Gasteiger partial charge in [0, 0.05) is 50.6 Å². The van der Waals surface area contributed by atoms with Crippen molar-refractivity contribution in [3.63, 3.8) is 0 Å². The SMILES string of the molecule is CC[C@H](C)C[C@H](C)CCCCCCCCC(=O)C[C@H]1C[C@@H](O)[C@@H](O)NC(=O)[C@@H]2[C@@H](O)[C@@H](C)CN2C(=O)[C@H]([C@H](O)CC(N)=O)NC(=O)[C@H]([C@H](O)[C@@H](O)c2ccc(O)cc2)CC(=O)[C@@H]2C[C@@H](O)CN2C(=O)[C@H]([C@@H](C)O)NC1=O. The number of phenolic OH excluding ortho intramolecular Hbond substituents is 1. The van der Waals surface area contributed by atoms with E-state index in [-0.39, 0.29) is 17.7 Å². The van der Waals surface area contributed by atoms with Crippen LogP contribution < -0.4 is 21.7 Å². The summed E-state index contributed by atoms with van der Waals surface area (Å²) in [5.41, 5.74) is 5.29. The topological polar surface area (TPSA) is 387 Å². The van der Waals surface area contributed by atoms with E-state index in [1.54, 1.807) is 0 Å². The molecular formula is C53H84N6O17. The third-order valence-corrected chi connectivity index (χ3v) is 15.3. The zero-order valence-electron chi connectivity index (χ0n) is 44.4. The Morgan fingerprint density at radius 3 is 1.97 bits per heavy atom. The Morgan fingerprint density at radius 2 is 1.36 bits per heavy atom. The number of nitrogens with one attached hydrogen (secondary N) is 3. The normalized spacial score (nSPS) is 29.9. The molecule has 0 unspecified atom stereocenters. The van der Waals surface area contributed by atoms with Crippen molar-refractivity contribution in [2.24, 2.45) is 35.3 Å². The van der Waals surface area contributed by atoms with Crippen LogP contribution in [0, 0.1) is 29.6 Å². The molecule has 23 nitrogen and oxygen atoms in total. The molecule has 3 aliphatic rings. The third-order valence-electron chi connectivity index (χ3n) is 15.3. The lowest BCUT2D eigenvalue weighted by Crippen LogP contribution is -2.61. The first-order valence-corrected chi connectivity index (χ1v) is 26.8. The number of unbranched alkanes of at least 4 members (excludes halogenated alkanes) is 5. The highest BCUT2D eigenvalue weighted by atomic mass is 16.3. The van der Waals surface area contributed by atoms with Crippen molar-refractivity contribution in [3.8, 4) is 5.75 Å². The monoisotopic (exact) mass is 1080 g/mol. The molecule has 3 fully saturated rings. The molecule has 0 aromatic heterocycles. The van der Waals surface area contributed by atoms with Crippen LogP contribution in [0.1, 0.15) is 143 Å². The van der Waals surface area contributed by atoms with Crippen LogP contribution in [-0.4, -0.2) is 183 Å². The fourth-order valence-electron chi connectivity index (χ4n) is 10.5. The molecule has 1 aromatic rings. The van der Waals surface area contributed by atoms with Crippen LogP contribution in [0.15, 0.2) is 24.3 Å². The summed E-state index contributed by atoms with van der Waals surface area (Å²) in [5, 5.41) is 107. The van der Waals surface area contributed by atoms with Gasteiger partial charge >= 0.3 is 0 Å². The van der Waals surface area contributed by atoms with Crippen molar-refractivity contribution in [2.45, 2.75) is 204 Å². The minimum Gasteiger partial charge on any atom is -0.508 e. The molecule has 6 amide bonds. The van der Waals surface area contributed by atoms with Crippen molar-refractivity contribution < 1.29 is 84.3 Å². The molecule has 0 saturated carbocycles. The summed E-state index contributed by atoms with van der Waals surface area (Å²) in [7, 11) is 0. The second-order valence-corrected chi connectivity index (χ2v) is 21.8. The lowest BCUT2D eigenvalue weighted by molar-refractivity contribution is -0.150. The summed E-state index contributed by atoms with van der Waals surface area (Å²) in [6, 6.07) is -2.91. The fourth-order valence-corrected chi connectivity index (χ4v) is 10.5. The predicted molar refractivity (Wildman–Crippen MR) is 272 cm³/mol. The van der Waals surface area contributed by atoms with E-state index in [9.17, 15) is 84.3 Å². The van der Waals surface area contributed by atoms with Gasteiger partial charge in [0.05, 0.1) is 55.0 Å². The van der Waals surface area contributed by atoms with E-state index in [0.29, 0.717) is 18.3 Å². The number of carbonyl (C=O) groups is 8. The molecule has 3 saturated heterocycles. The van der Waals surface area contributed by atoms with Crippen molar-refractivity contribution in [2.75, 3.05) is 13.1 Å². The van der Waals surface area contributed by atoms with Crippen molar-refractivity contribution in [1.82, 2.24) is 25.8 Å². The highest BCUT2D eigenvalue weighted by molar-refractivity contribution is 5.98. The Labute approximate surface area is 444 Å². The van der Waals surface area contributed by atoms with E-state index in [0.717, 1.165) is 73.8 Å². The minimum absolute atomic E-state index is 0.0368. The highest BCUT2D eigenvalue weighted by Crippen LogP contribution is 2.31. The molecule has 17 atom stereocenters. The lowest BCUT2D eigenvalue weighted by atomic mass is 9.86. The summed E-state index contributed by atoms with van der Waals surface area (Å²) in [4.78, 5) is 113. The van der Waals surface area contributed by atoms with Gasteiger partial charge in [-0.3, -0.25) is 38.4 Å². The van der Waals surface area contributed by atoms with E-state index < -0.39 is 183 Å². The van der Waals surface area contributed by atoms with E-state index in [1.807, 2.05) is 0 Å². The van der Waals surface area contributed by atoms with Gasteiger partial charge in [0.25, 0.3) is 0 Å². The number of benzene rings is 1. The van der Waals surface area contributed by atoms with Crippen LogP contribution in [0.2, 0.25) is 0 Å². The van der Waals surface area contributed by atoms with Crippen LogP contribution in [0.25, 0.3) is 0 Å². The molecule has 0 aliphatic carbocycles. The lowest BCUT2D eigenvalue weighted by Gasteiger charge is -2.34. The Kier molecular flexibility index (Phi) is 24.7.